The number of carbonyl (C=O) groups excluding carboxylic acids is 1. The first-order chi connectivity index (χ1) is 13.8. The largest absolute Gasteiger partial charge is 0.493 e. The van der Waals surface area contributed by atoms with Gasteiger partial charge in [-0.3, -0.25) is 4.79 Å². The predicted octanol–water partition coefficient (Wildman–Crippen LogP) is 4.28. The van der Waals surface area contributed by atoms with Crippen LogP contribution in [-0.4, -0.2) is 25.3 Å². The van der Waals surface area contributed by atoms with Gasteiger partial charge in [-0.05, 0) is 42.3 Å². The van der Waals surface area contributed by atoms with Crippen molar-refractivity contribution in [3.63, 3.8) is 0 Å². The van der Waals surface area contributed by atoms with E-state index in [0.29, 0.717) is 12.4 Å². The maximum atomic E-state index is 11.9. The summed E-state index contributed by atoms with van der Waals surface area (Å²) in [6.07, 6.45) is 1.55. The van der Waals surface area contributed by atoms with Gasteiger partial charge in [0.25, 0.3) is 5.91 Å². The zero-order valence-electron chi connectivity index (χ0n) is 15.7. The molecule has 5 heteroatoms. The summed E-state index contributed by atoms with van der Waals surface area (Å²) in [5.41, 5.74) is 5.48. The summed E-state index contributed by atoms with van der Waals surface area (Å²) in [5, 5.41) is 3.97. The molecule has 0 aliphatic heterocycles. The van der Waals surface area contributed by atoms with Gasteiger partial charge >= 0.3 is 0 Å². The highest BCUT2D eigenvalue weighted by molar-refractivity contribution is 5.85. The number of hydrazone groups is 1. The fraction of sp³-hybridized carbons (Fsp3) is 0.130. The Morgan fingerprint density at radius 1 is 0.893 bits per heavy atom. The van der Waals surface area contributed by atoms with Crippen molar-refractivity contribution < 1.29 is 14.3 Å². The molecular weight excluding hydrogens is 352 g/mol. The van der Waals surface area contributed by atoms with Gasteiger partial charge in [0, 0.05) is 5.56 Å². The van der Waals surface area contributed by atoms with Gasteiger partial charge in [0.1, 0.15) is 11.5 Å². The summed E-state index contributed by atoms with van der Waals surface area (Å²) in [6.45, 7) is 2.36. The number of hydrogen-bond donors (Lipinski definition) is 1. The van der Waals surface area contributed by atoms with E-state index in [2.05, 4.69) is 10.5 Å². The maximum Gasteiger partial charge on any atom is 0.277 e. The SMILES string of the molecule is CCOc1ccccc1/C=N\NC(=O)COc1ccc(-c2ccccc2)cc1. The minimum atomic E-state index is -0.336. The molecule has 0 radical (unpaired) electrons. The molecule has 0 atom stereocenters. The molecule has 1 N–H and O–H groups in total. The van der Waals surface area contributed by atoms with Crippen LogP contribution in [0.2, 0.25) is 0 Å². The van der Waals surface area contributed by atoms with Crippen LogP contribution in [0.15, 0.2) is 84.0 Å². The van der Waals surface area contributed by atoms with Gasteiger partial charge < -0.3 is 9.47 Å². The third-order valence-electron chi connectivity index (χ3n) is 3.94. The Hall–Kier alpha value is -3.60. The van der Waals surface area contributed by atoms with E-state index in [1.54, 1.807) is 6.21 Å². The van der Waals surface area contributed by atoms with E-state index in [-0.39, 0.29) is 12.5 Å². The topological polar surface area (TPSA) is 59.9 Å². The summed E-state index contributed by atoms with van der Waals surface area (Å²) in [5.74, 6) is 1.01. The van der Waals surface area contributed by atoms with E-state index >= 15 is 0 Å². The van der Waals surface area contributed by atoms with Gasteiger partial charge in [0.2, 0.25) is 0 Å². The Morgan fingerprint density at radius 3 is 2.32 bits per heavy atom. The van der Waals surface area contributed by atoms with Crippen LogP contribution >= 0.6 is 0 Å². The smallest absolute Gasteiger partial charge is 0.277 e. The highest BCUT2D eigenvalue weighted by atomic mass is 16.5. The number of nitrogens with one attached hydrogen (secondary N) is 1. The van der Waals surface area contributed by atoms with Gasteiger partial charge in [-0.1, -0.05) is 54.6 Å². The third-order valence-corrected chi connectivity index (χ3v) is 3.94. The summed E-state index contributed by atoms with van der Waals surface area (Å²) >= 11 is 0. The predicted molar refractivity (Wildman–Crippen MR) is 111 cm³/mol. The van der Waals surface area contributed by atoms with E-state index in [1.165, 1.54) is 0 Å². The lowest BCUT2D eigenvalue weighted by Gasteiger charge is -2.07. The average molecular weight is 374 g/mol. The Kier molecular flexibility index (Phi) is 6.79. The summed E-state index contributed by atoms with van der Waals surface area (Å²) < 4.78 is 11.0. The van der Waals surface area contributed by atoms with E-state index in [9.17, 15) is 4.79 Å². The van der Waals surface area contributed by atoms with E-state index < -0.39 is 0 Å². The van der Waals surface area contributed by atoms with Crippen LogP contribution in [-0.2, 0) is 4.79 Å². The lowest BCUT2D eigenvalue weighted by atomic mass is 10.1. The standard InChI is InChI=1S/C23H22N2O3/c1-2-27-22-11-7-6-10-20(22)16-24-25-23(26)17-28-21-14-12-19(13-15-21)18-8-4-3-5-9-18/h3-16H,2,17H2,1H3,(H,25,26)/b24-16-. The van der Waals surface area contributed by atoms with Crippen molar-refractivity contribution in [2.24, 2.45) is 5.10 Å². The molecule has 3 aromatic carbocycles. The first-order valence-electron chi connectivity index (χ1n) is 9.08. The van der Waals surface area contributed by atoms with Gasteiger partial charge in [-0.2, -0.15) is 5.10 Å². The van der Waals surface area contributed by atoms with Gasteiger partial charge in [-0.25, -0.2) is 5.43 Å². The zero-order chi connectivity index (χ0) is 19.6. The van der Waals surface area contributed by atoms with Crippen molar-refractivity contribution >= 4 is 12.1 Å². The molecule has 0 fully saturated rings. The fourth-order valence-corrected chi connectivity index (χ4v) is 2.60. The Bertz CT molecular complexity index is 922. The Balaban J connectivity index is 1.49. The molecule has 1 amide bonds. The molecular formula is C23H22N2O3. The Labute approximate surface area is 164 Å². The summed E-state index contributed by atoms with van der Waals surface area (Å²) in [4.78, 5) is 11.9. The van der Waals surface area contributed by atoms with E-state index in [0.717, 1.165) is 22.4 Å². The van der Waals surface area contributed by atoms with E-state index in [4.69, 9.17) is 9.47 Å². The lowest BCUT2D eigenvalue weighted by Crippen LogP contribution is -2.24. The first kappa shape index (κ1) is 19.2. The van der Waals surface area contributed by atoms with Gasteiger partial charge in [-0.15, -0.1) is 0 Å². The molecule has 0 heterocycles. The molecule has 0 aromatic heterocycles. The number of benzene rings is 3. The van der Waals surface area contributed by atoms with Crippen LogP contribution in [0.25, 0.3) is 11.1 Å². The number of hydrogen-bond acceptors (Lipinski definition) is 4. The van der Waals surface area contributed by atoms with Crippen molar-refractivity contribution in [1.82, 2.24) is 5.43 Å². The minimum Gasteiger partial charge on any atom is -0.493 e. The highest BCUT2D eigenvalue weighted by Crippen LogP contribution is 2.22. The molecule has 3 aromatic rings. The van der Waals surface area contributed by atoms with Crippen LogP contribution in [0, 0.1) is 0 Å². The molecule has 0 aliphatic carbocycles. The van der Waals surface area contributed by atoms with Crippen molar-refractivity contribution in [3.05, 3.63) is 84.4 Å². The molecule has 0 bridgehead atoms. The highest BCUT2D eigenvalue weighted by Gasteiger charge is 2.03. The number of rotatable bonds is 8. The van der Waals surface area contributed by atoms with Crippen LogP contribution in [0.5, 0.6) is 11.5 Å². The normalized spacial score (nSPS) is 10.6. The van der Waals surface area contributed by atoms with Crippen LogP contribution in [0.3, 0.4) is 0 Å². The number of amides is 1. The second-order valence-corrected chi connectivity index (χ2v) is 5.94. The third kappa shape index (κ3) is 5.45. The van der Waals surface area contributed by atoms with Crippen molar-refractivity contribution in [2.45, 2.75) is 6.92 Å². The molecule has 142 valence electrons. The van der Waals surface area contributed by atoms with Crippen molar-refractivity contribution in [2.75, 3.05) is 13.2 Å². The second-order valence-electron chi connectivity index (χ2n) is 5.94. The van der Waals surface area contributed by atoms with Gasteiger partial charge in [0.05, 0.1) is 12.8 Å². The molecule has 0 saturated carbocycles. The Morgan fingerprint density at radius 2 is 1.57 bits per heavy atom. The summed E-state index contributed by atoms with van der Waals surface area (Å²) in [7, 11) is 0. The lowest BCUT2D eigenvalue weighted by molar-refractivity contribution is -0.123. The minimum absolute atomic E-state index is 0.116. The van der Waals surface area contributed by atoms with E-state index in [1.807, 2.05) is 85.8 Å². The first-order valence-corrected chi connectivity index (χ1v) is 9.08. The molecule has 0 unspecified atom stereocenters. The van der Waals surface area contributed by atoms with Crippen molar-refractivity contribution in [3.8, 4) is 22.6 Å². The van der Waals surface area contributed by atoms with Crippen LogP contribution in [0.1, 0.15) is 12.5 Å². The average Bonchev–Trinajstić information content (AvgIpc) is 2.75. The zero-order valence-corrected chi connectivity index (χ0v) is 15.7. The van der Waals surface area contributed by atoms with Crippen molar-refractivity contribution in [1.29, 1.82) is 0 Å². The molecule has 0 saturated heterocycles. The molecule has 5 nitrogen and oxygen atoms in total. The number of carbonyl (C=O) groups is 1. The molecule has 0 spiro atoms. The van der Waals surface area contributed by atoms with Crippen LogP contribution < -0.4 is 14.9 Å². The van der Waals surface area contributed by atoms with Gasteiger partial charge in [0.15, 0.2) is 6.61 Å². The monoisotopic (exact) mass is 374 g/mol. The van der Waals surface area contributed by atoms with Crippen LogP contribution in [0.4, 0.5) is 0 Å². The maximum absolute atomic E-state index is 11.9. The molecule has 28 heavy (non-hydrogen) atoms. The fourth-order valence-electron chi connectivity index (χ4n) is 2.60. The summed E-state index contributed by atoms with van der Waals surface area (Å²) in [6, 6.07) is 25.2. The number of para-hydroxylation sites is 1. The molecule has 3 rings (SSSR count). The second kappa shape index (κ2) is 9.92. The number of ether oxygens (including phenoxy) is 2. The molecule has 0 aliphatic rings. The quantitative estimate of drug-likeness (QED) is 0.473. The number of nitrogens with zero attached hydrogens (tertiary/aromatic N) is 1.